The van der Waals surface area contributed by atoms with E-state index in [1.54, 1.807) is 30.8 Å². The van der Waals surface area contributed by atoms with Crippen LogP contribution in [-0.4, -0.2) is 61.4 Å². The Balaban J connectivity index is 1.67. The van der Waals surface area contributed by atoms with Crippen molar-refractivity contribution in [1.82, 2.24) is 15.0 Å². The highest BCUT2D eigenvalue weighted by atomic mass is 32.2. The van der Waals surface area contributed by atoms with Crippen molar-refractivity contribution in [3.63, 3.8) is 0 Å². The molecular weight excluding hydrogens is 531 g/mol. The smallest absolute Gasteiger partial charge is 0.155 e. The molecule has 9 nitrogen and oxygen atoms in total. The fourth-order valence-electron chi connectivity index (χ4n) is 5.37. The first-order valence-corrected chi connectivity index (χ1v) is 14.8. The van der Waals surface area contributed by atoms with Gasteiger partial charge in [-0.15, -0.1) is 16.9 Å². The van der Waals surface area contributed by atoms with E-state index in [1.165, 1.54) is 4.68 Å². The molecule has 2 fully saturated rings. The van der Waals surface area contributed by atoms with Crippen LogP contribution in [0.1, 0.15) is 68.7 Å². The summed E-state index contributed by atoms with van der Waals surface area (Å²) in [6, 6.07) is 5.46. The van der Waals surface area contributed by atoms with Gasteiger partial charge in [0.25, 0.3) is 0 Å². The molecule has 11 heteroatoms. The Bertz CT molecular complexity index is 1280. The molecule has 0 saturated heterocycles. The summed E-state index contributed by atoms with van der Waals surface area (Å²) in [5.41, 5.74) is 15.4. The standard InChI is InChI=1S/C29H41FN6O3S/c1-5-13-40-18(4)33-25(19(6-2)14-21-15-22(21)20-8-7-17(3)23(30)16-20)26-28(31)36(35-34-26)29(32)10-9-24(27(29)38)39-12-11-37/h6-8,16,21-22,24,27,37-38H,2,5,9-15,31-32H2,1,3-4H3. The number of halogens is 1. The highest BCUT2D eigenvalue weighted by Gasteiger charge is 2.49. The van der Waals surface area contributed by atoms with Crippen LogP contribution in [0.15, 0.2) is 41.4 Å². The van der Waals surface area contributed by atoms with Gasteiger partial charge >= 0.3 is 0 Å². The summed E-state index contributed by atoms with van der Waals surface area (Å²) in [5, 5.41) is 29.7. The Kier molecular flexibility index (Phi) is 9.84. The number of anilines is 1. The monoisotopic (exact) mass is 572 g/mol. The van der Waals surface area contributed by atoms with E-state index in [1.807, 2.05) is 19.1 Å². The van der Waals surface area contributed by atoms with E-state index in [4.69, 9.17) is 26.3 Å². The van der Waals surface area contributed by atoms with Gasteiger partial charge in [-0.2, -0.15) is 0 Å². The average molecular weight is 573 g/mol. The minimum atomic E-state index is -1.32. The van der Waals surface area contributed by atoms with Gasteiger partial charge in [-0.05, 0) is 86.3 Å². The molecule has 2 aromatic rings. The highest BCUT2D eigenvalue weighted by Crippen LogP contribution is 2.52. The molecule has 6 N–H and O–H groups in total. The number of thioether (sulfide) groups is 1. The Hall–Kier alpha value is -2.57. The maximum Gasteiger partial charge on any atom is 0.155 e. The van der Waals surface area contributed by atoms with Crippen molar-refractivity contribution >= 4 is 28.3 Å². The summed E-state index contributed by atoms with van der Waals surface area (Å²) >= 11 is 1.65. The summed E-state index contributed by atoms with van der Waals surface area (Å²) in [6.45, 7) is 9.85. The lowest BCUT2D eigenvalue weighted by atomic mass is 10.0. The first kappa shape index (κ1) is 30.4. The zero-order valence-electron chi connectivity index (χ0n) is 23.5. The number of allylic oxidation sites excluding steroid dienone is 2. The molecule has 0 spiro atoms. The van der Waals surface area contributed by atoms with Crippen molar-refractivity contribution in [2.24, 2.45) is 16.6 Å². The molecule has 1 heterocycles. The summed E-state index contributed by atoms with van der Waals surface area (Å²) in [5.74, 6) is 1.50. The molecule has 2 aliphatic rings. The Labute approximate surface area is 239 Å². The van der Waals surface area contributed by atoms with Crippen LogP contribution in [0.3, 0.4) is 0 Å². The fourth-order valence-corrected chi connectivity index (χ4v) is 6.03. The number of nitrogen functional groups attached to an aromatic ring is 1. The number of ether oxygens (including phenoxy) is 1. The van der Waals surface area contributed by atoms with Gasteiger partial charge in [-0.1, -0.05) is 36.9 Å². The van der Waals surface area contributed by atoms with Gasteiger partial charge in [0.2, 0.25) is 0 Å². The van der Waals surface area contributed by atoms with Gasteiger partial charge < -0.3 is 26.4 Å². The molecule has 0 amide bonds. The largest absolute Gasteiger partial charge is 0.394 e. The summed E-state index contributed by atoms with van der Waals surface area (Å²) in [6.07, 6.45) is 3.62. The number of aliphatic hydroxyl groups is 2. The predicted molar refractivity (Wildman–Crippen MR) is 158 cm³/mol. The zero-order chi connectivity index (χ0) is 29.0. The third kappa shape index (κ3) is 6.33. The molecule has 4 rings (SSSR count). The lowest BCUT2D eigenvalue weighted by molar-refractivity contribution is -0.0627. The summed E-state index contributed by atoms with van der Waals surface area (Å²) in [4.78, 5) is 4.93. The fraction of sp³-hybridized carbons (Fsp3) is 0.552. The predicted octanol–water partition coefficient (Wildman–Crippen LogP) is 4.10. The van der Waals surface area contributed by atoms with Crippen molar-refractivity contribution in [2.45, 2.75) is 76.7 Å². The van der Waals surface area contributed by atoms with Crippen LogP contribution in [0.5, 0.6) is 0 Å². The number of rotatable bonds is 12. The molecule has 0 aliphatic heterocycles. The van der Waals surface area contributed by atoms with E-state index in [0.29, 0.717) is 42.1 Å². The molecular formula is C29H41FN6O3S. The van der Waals surface area contributed by atoms with E-state index in [9.17, 15) is 9.50 Å². The molecule has 218 valence electrons. The van der Waals surface area contributed by atoms with Crippen molar-refractivity contribution in [3.05, 3.63) is 59.1 Å². The Morgan fingerprint density at radius 1 is 1.43 bits per heavy atom. The highest BCUT2D eigenvalue weighted by molar-refractivity contribution is 8.13. The van der Waals surface area contributed by atoms with Gasteiger partial charge in [0.15, 0.2) is 11.5 Å². The van der Waals surface area contributed by atoms with Crippen LogP contribution >= 0.6 is 11.8 Å². The first-order chi connectivity index (χ1) is 19.1. The average Bonchev–Trinajstić information content (AvgIpc) is 3.51. The minimum absolute atomic E-state index is 0.103. The Morgan fingerprint density at radius 2 is 2.20 bits per heavy atom. The van der Waals surface area contributed by atoms with E-state index in [0.717, 1.165) is 34.8 Å². The number of nitrogens with two attached hydrogens (primary N) is 2. The second-order valence-corrected chi connectivity index (χ2v) is 12.0. The molecule has 40 heavy (non-hydrogen) atoms. The van der Waals surface area contributed by atoms with Gasteiger partial charge in [0.1, 0.15) is 17.6 Å². The van der Waals surface area contributed by atoms with Gasteiger partial charge in [0.05, 0.1) is 30.1 Å². The third-order valence-electron chi connectivity index (χ3n) is 7.80. The number of aliphatic imine (C=N–C) groups is 1. The lowest BCUT2D eigenvalue weighted by Gasteiger charge is -2.30. The van der Waals surface area contributed by atoms with E-state index >= 15 is 0 Å². The maximum absolute atomic E-state index is 14.2. The van der Waals surface area contributed by atoms with Crippen LogP contribution < -0.4 is 11.5 Å². The van der Waals surface area contributed by atoms with Crippen LogP contribution in [0.2, 0.25) is 0 Å². The van der Waals surface area contributed by atoms with Gasteiger partial charge in [-0.25, -0.2) is 14.1 Å². The maximum atomic E-state index is 14.2. The number of nitrogens with zero attached hydrogens (tertiary/aromatic N) is 4. The lowest BCUT2D eigenvalue weighted by Crippen LogP contribution is -2.53. The van der Waals surface area contributed by atoms with Gasteiger partial charge in [0, 0.05) is 0 Å². The molecule has 2 saturated carbocycles. The summed E-state index contributed by atoms with van der Waals surface area (Å²) in [7, 11) is 0. The third-order valence-corrected chi connectivity index (χ3v) is 8.93. The second kappa shape index (κ2) is 12.9. The second-order valence-electron chi connectivity index (χ2n) is 10.7. The molecule has 5 unspecified atom stereocenters. The molecule has 5 atom stereocenters. The van der Waals surface area contributed by atoms with Crippen molar-refractivity contribution in [3.8, 4) is 0 Å². The summed E-state index contributed by atoms with van der Waals surface area (Å²) < 4.78 is 21.2. The van der Waals surface area contributed by atoms with Crippen molar-refractivity contribution < 1.29 is 19.3 Å². The number of hydrogen-bond donors (Lipinski definition) is 4. The van der Waals surface area contributed by atoms with Crippen molar-refractivity contribution in [1.29, 1.82) is 0 Å². The first-order valence-electron chi connectivity index (χ1n) is 13.9. The number of aryl methyl sites for hydroxylation is 1. The number of benzene rings is 1. The normalized spacial score (nSPS) is 27.1. The van der Waals surface area contributed by atoms with E-state index in [-0.39, 0.29) is 30.8 Å². The molecule has 0 radical (unpaired) electrons. The van der Waals surface area contributed by atoms with Crippen molar-refractivity contribution in [2.75, 3.05) is 24.7 Å². The number of aliphatic hydroxyl groups excluding tert-OH is 2. The Morgan fingerprint density at radius 3 is 2.88 bits per heavy atom. The number of hydrogen-bond acceptors (Lipinski definition) is 9. The van der Waals surface area contributed by atoms with E-state index < -0.39 is 17.9 Å². The zero-order valence-corrected chi connectivity index (χ0v) is 24.3. The number of aromatic nitrogens is 3. The molecule has 2 aliphatic carbocycles. The molecule has 0 bridgehead atoms. The van der Waals surface area contributed by atoms with Crippen LogP contribution in [0.25, 0.3) is 5.70 Å². The molecule has 1 aromatic heterocycles. The van der Waals surface area contributed by atoms with Gasteiger partial charge in [-0.3, -0.25) is 0 Å². The van der Waals surface area contributed by atoms with Crippen LogP contribution in [0.4, 0.5) is 10.2 Å². The minimum Gasteiger partial charge on any atom is -0.394 e. The quantitative estimate of drug-likeness (QED) is 0.169. The molecule has 1 aromatic carbocycles. The SMILES string of the molecule is C=CC(CC1CC1c1ccc(C)c(F)c1)=C(N=C(C)SCCC)c1nnn(C2(N)CCC(OCCO)C2O)c1N. The van der Waals surface area contributed by atoms with E-state index in [2.05, 4.69) is 23.8 Å². The topological polar surface area (TPSA) is 145 Å². The van der Waals surface area contributed by atoms with Crippen LogP contribution in [-0.2, 0) is 10.4 Å². The van der Waals surface area contributed by atoms with Crippen LogP contribution in [0, 0.1) is 18.7 Å².